The van der Waals surface area contributed by atoms with E-state index in [9.17, 15) is 31.2 Å². The topological polar surface area (TPSA) is 333 Å². The summed E-state index contributed by atoms with van der Waals surface area (Å²) in [5.74, 6) is -0.848. The fraction of sp³-hybridized carbons (Fsp3) is 0.500. The number of sulfonamides is 2. The highest BCUT2D eigenvalue weighted by atomic mass is 32.2. The van der Waals surface area contributed by atoms with Gasteiger partial charge in [-0.05, 0) is 102 Å². The number of amides is 2. The first-order chi connectivity index (χ1) is 48.4. The Morgan fingerprint density at radius 2 is 1.02 bits per heavy atom. The first-order valence-corrected chi connectivity index (χ1v) is 45.4. The lowest BCUT2D eigenvalue weighted by Crippen LogP contribution is -2.52. The van der Waals surface area contributed by atoms with Crippen LogP contribution in [0.4, 0.5) is 11.6 Å². The number of ether oxygens (including phenoxy) is 7. The largest absolute Gasteiger partial charge is 0.494 e. The Balaban J connectivity index is 0.000000252. The van der Waals surface area contributed by atoms with E-state index >= 15 is 0 Å². The SMILES string of the molecule is C=C(OCC)c1c(C2CCC(OCCOC)(C(=O)NS(C)(=O)=O)CC2)nc2c(-c3cnn(-c4ccccc4)c3)cnn2c1N(COCC[Si](C)(C)C)COCC[Si](C)(C)C.COCCOC1(C(=O)NS(C)(=O)=O)CCC(c2nc3c(-c4cnn(-c5ccccc5)c4)cnn3c(N)c2C(C)=O)CC1. The van der Waals surface area contributed by atoms with Gasteiger partial charge in [0.25, 0.3) is 11.8 Å². The maximum atomic E-state index is 13.6. The second-order valence-corrected chi connectivity index (χ2v) is 43.1. The number of carbonyl (C=O) groups is 3. The minimum atomic E-state index is -3.84. The van der Waals surface area contributed by atoms with Crippen LogP contribution in [0.3, 0.4) is 0 Å². The molecule has 2 aromatic carbocycles. The normalized spacial score (nSPS) is 18.2. The molecule has 2 saturated carbocycles. The van der Waals surface area contributed by atoms with Gasteiger partial charge in [0.2, 0.25) is 20.0 Å². The van der Waals surface area contributed by atoms with Crippen molar-refractivity contribution < 1.29 is 64.4 Å². The van der Waals surface area contributed by atoms with E-state index in [1.165, 1.54) is 18.5 Å². The maximum absolute atomic E-state index is 13.6. The van der Waals surface area contributed by atoms with Crippen LogP contribution in [0.15, 0.2) is 104 Å². The molecule has 32 heteroatoms. The van der Waals surface area contributed by atoms with Gasteiger partial charge >= 0.3 is 0 Å². The highest BCUT2D eigenvalue weighted by Gasteiger charge is 2.47. The predicted octanol–water partition coefficient (Wildman–Crippen LogP) is 9.66. The molecular formula is C70H98N14O14S2Si2. The molecule has 0 spiro atoms. The first kappa shape index (κ1) is 78.1. The molecule has 8 aromatic rings. The summed E-state index contributed by atoms with van der Waals surface area (Å²) in [6.07, 6.45) is 15.3. The molecule has 2 aliphatic carbocycles. The van der Waals surface area contributed by atoms with E-state index in [4.69, 9.17) is 54.0 Å². The molecule has 102 heavy (non-hydrogen) atoms. The second kappa shape index (κ2) is 33.6. The minimum Gasteiger partial charge on any atom is -0.494 e. The van der Waals surface area contributed by atoms with Crippen LogP contribution in [0.2, 0.25) is 51.4 Å². The molecule has 0 aliphatic heterocycles. The van der Waals surface area contributed by atoms with Gasteiger partial charge in [-0.3, -0.25) is 23.8 Å². The fourth-order valence-corrected chi connectivity index (χ4v) is 15.1. The molecule has 552 valence electrons. The highest BCUT2D eigenvalue weighted by molar-refractivity contribution is 7.89. The molecule has 10 rings (SSSR count). The van der Waals surface area contributed by atoms with Gasteiger partial charge in [0.1, 0.15) is 42.1 Å². The molecule has 0 bridgehead atoms. The highest BCUT2D eigenvalue weighted by Crippen LogP contribution is 2.46. The Morgan fingerprint density at radius 1 is 0.608 bits per heavy atom. The van der Waals surface area contributed by atoms with E-state index in [2.05, 4.69) is 75.5 Å². The van der Waals surface area contributed by atoms with Crippen molar-refractivity contribution in [2.45, 2.75) is 140 Å². The van der Waals surface area contributed by atoms with Crippen molar-refractivity contribution in [2.24, 2.45) is 0 Å². The van der Waals surface area contributed by atoms with Crippen molar-refractivity contribution in [3.8, 4) is 33.6 Å². The van der Waals surface area contributed by atoms with Crippen LogP contribution in [-0.4, -0.2) is 197 Å². The van der Waals surface area contributed by atoms with Crippen molar-refractivity contribution in [2.75, 3.05) is 97.1 Å². The zero-order chi connectivity index (χ0) is 73.8. The molecule has 28 nitrogen and oxygen atoms in total. The molecule has 2 aliphatic rings. The standard InChI is InChI=1S/C42H65N7O8SSi2.C28H33N7O6S/c1-11-56-32(2)37-38(33-17-19-42(20-18-33,57-22-21-53-3)41(50)46-58(4,51)52)45-39-36(34-27-43-48(29-34)35-15-13-12-14-16-35)28-44-49(39)40(37)47(30-54-23-25-59(5,6)7)31-55-24-26-60(8,9)10;1-18(36)23-24(19-9-11-28(12-10-19,41-14-13-40-2)27(37)33-42(3,38)39)32-26-22(16-31-35(26)25(23)29)20-15-30-34(17-20)21-7-5-4-6-8-21/h12-16,27-29,33H,2,11,17-26,30-31H2,1,3-10H3,(H,46,50);4-8,15-17,19H,9-14,29H2,1-3H3,(H,33,37). The van der Waals surface area contributed by atoms with Gasteiger partial charge in [0.05, 0.1) is 104 Å². The molecule has 0 saturated heterocycles. The Bertz CT molecular complexity index is 4420. The summed E-state index contributed by atoms with van der Waals surface area (Å²) < 4.78 is 101. The number of nitrogens with two attached hydrogens (primary N) is 1. The number of hydrogen-bond acceptors (Lipinski definition) is 22. The maximum Gasteiger partial charge on any atom is 0.265 e. The van der Waals surface area contributed by atoms with Crippen molar-refractivity contribution in [1.82, 2.24) is 58.2 Å². The van der Waals surface area contributed by atoms with E-state index in [1.54, 1.807) is 30.4 Å². The summed E-state index contributed by atoms with van der Waals surface area (Å²) in [6, 6.07) is 21.5. The smallest absolute Gasteiger partial charge is 0.265 e. The van der Waals surface area contributed by atoms with Gasteiger partial charge in [0, 0.05) is 90.1 Å². The summed E-state index contributed by atoms with van der Waals surface area (Å²) in [5.41, 5.74) is 11.9. The van der Waals surface area contributed by atoms with Gasteiger partial charge < -0.3 is 43.8 Å². The lowest BCUT2D eigenvalue weighted by atomic mass is 9.76. The second-order valence-electron chi connectivity index (χ2n) is 28.3. The van der Waals surface area contributed by atoms with Crippen LogP contribution < -0.4 is 20.1 Å². The van der Waals surface area contributed by atoms with E-state index in [-0.39, 0.29) is 94.6 Å². The Labute approximate surface area is 599 Å². The van der Waals surface area contributed by atoms with Crippen LogP contribution in [0.25, 0.3) is 50.7 Å². The fourth-order valence-electron chi connectivity index (χ4n) is 12.6. The molecule has 2 amide bonds. The summed E-state index contributed by atoms with van der Waals surface area (Å²) in [7, 11) is -7.37. The molecule has 0 unspecified atom stereocenters. The van der Waals surface area contributed by atoms with Crippen LogP contribution >= 0.6 is 0 Å². The zero-order valence-electron chi connectivity index (χ0n) is 60.6. The molecule has 0 radical (unpaired) electrons. The lowest BCUT2D eigenvalue weighted by molar-refractivity contribution is -0.153. The van der Waals surface area contributed by atoms with Gasteiger partial charge in [-0.2, -0.15) is 29.4 Å². The number of aromatic nitrogens is 10. The van der Waals surface area contributed by atoms with Gasteiger partial charge in [0.15, 0.2) is 17.1 Å². The Kier molecular flexibility index (Phi) is 25.7. The van der Waals surface area contributed by atoms with Gasteiger partial charge in [-0.1, -0.05) is 82.3 Å². The number of hydrogen-bond donors (Lipinski definition) is 3. The zero-order valence-corrected chi connectivity index (χ0v) is 64.2. The summed E-state index contributed by atoms with van der Waals surface area (Å²) >= 11 is 0. The van der Waals surface area contributed by atoms with Crippen molar-refractivity contribution in [3.63, 3.8) is 0 Å². The van der Waals surface area contributed by atoms with Crippen molar-refractivity contribution in [3.05, 3.63) is 127 Å². The van der Waals surface area contributed by atoms with Crippen LogP contribution in [0, 0.1) is 0 Å². The monoisotopic (exact) mass is 1480 g/mol. The number of ketones is 1. The van der Waals surface area contributed by atoms with Crippen LogP contribution in [-0.2, 0) is 62.8 Å². The number of nitrogens with zero attached hydrogens (tertiary/aromatic N) is 11. The van der Waals surface area contributed by atoms with E-state index in [0.29, 0.717) is 85.2 Å². The number of benzene rings is 2. The third-order valence-corrected chi connectivity index (χ3v) is 22.5. The Hall–Kier alpha value is -8.06. The summed E-state index contributed by atoms with van der Waals surface area (Å²) in [4.78, 5) is 52.0. The average Bonchev–Trinajstić information content (AvgIpc) is 1.48. The third-order valence-electron chi connectivity index (χ3n) is 18.0. The average molecular weight is 1480 g/mol. The van der Waals surface area contributed by atoms with Gasteiger partial charge in [-0.25, -0.2) is 36.2 Å². The third kappa shape index (κ3) is 19.6. The molecular weight excluding hydrogens is 1380 g/mol. The number of anilines is 2. The van der Waals surface area contributed by atoms with E-state index in [1.807, 2.05) is 95.4 Å². The van der Waals surface area contributed by atoms with Crippen molar-refractivity contribution in [1.29, 1.82) is 0 Å². The first-order valence-electron chi connectivity index (χ1n) is 34.2. The Morgan fingerprint density at radius 3 is 1.41 bits per heavy atom. The molecule has 2 fully saturated rings. The number of Topliss-reactive ketones (excluding diaryl/α,β-unsaturated/α-hetero) is 1. The molecule has 6 aromatic heterocycles. The molecule has 6 heterocycles. The number of nitrogen functional groups attached to an aromatic ring is 1. The van der Waals surface area contributed by atoms with Crippen LogP contribution in [0.1, 0.15) is 104 Å². The number of carbonyl (C=O) groups excluding carboxylic acids is 3. The van der Waals surface area contributed by atoms with E-state index < -0.39 is 59.2 Å². The number of fused-ring (bicyclic) bond motifs is 2. The summed E-state index contributed by atoms with van der Waals surface area (Å²) in [6.45, 7) is 24.5. The number of methoxy groups -OCH3 is 2. The number of para-hydroxylation sites is 2. The van der Waals surface area contributed by atoms with Gasteiger partial charge in [-0.15, -0.1) is 0 Å². The van der Waals surface area contributed by atoms with E-state index in [0.717, 1.165) is 58.4 Å². The minimum absolute atomic E-state index is 0.115. The lowest BCUT2D eigenvalue weighted by Gasteiger charge is -2.39. The summed E-state index contributed by atoms with van der Waals surface area (Å²) in [5, 5.41) is 18.6. The molecule has 0 atom stereocenters. The van der Waals surface area contributed by atoms with Crippen LogP contribution in [0.5, 0.6) is 0 Å². The quantitative estimate of drug-likeness (QED) is 0.0113. The number of rotatable bonds is 33. The van der Waals surface area contributed by atoms with Crippen molar-refractivity contribution >= 4 is 82.5 Å². The number of nitrogens with one attached hydrogen (secondary N) is 2. The predicted molar refractivity (Wildman–Crippen MR) is 396 cm³/mol. The molecule has 4 N–H and O–H groups in total.